The van der Waals surface area contributed by atoms with Gasteiger partial charge in [-0.2, -0.15) is 0 Å². The number of hydrogen-bond acceptors (Lipinski definition) is 2. The van der Waals surface area contributed by atoms with E-state index in [1.807, 2.05) is 12.1 Å². The third-order valence-corrected chi connectivity index (χ3v) is 2.42. The number of benzene rings is 1. The summed E-state index contributed by atoms with van der Waals surface area (Å²) < 4.78 is 27.5. The quantitative estimate of drug-likeness (QED) is 0.644. The Hall–Kier alpha value is -2.30. The Labute approximate surface area is 95.3 Å². The summed E-state index contributed by atoms with van der Waals surface area (Å²) in [6.07, 6.45) is 1.74. The van der Waals surface area contributed by atoms with E-state index in [2.05, 4.69) is 10.1 Å². The molecule has 3 nitrogen and oxygen atoms in total. The van der Waals surface area contributed by atoms with Crippen molar-refractivity contribution < 1.29 is 8.78 Å². The number of halogens is 2. The molecule has 2 aromatic heterocycles. The van der Waals surface area contributed by atoms with Crippen LogP contribution in [-0.4, -0.2) is 14.6 Å². The van der Waals surface area contributed by atoms with Crippen molar-refractivity contribution in [3.8, 4) is 11.4 Å². The van der Waals surface area contributed by atoms with Crippen LogP contribution < -0.4 is 0 Å². The Bertz CT molecular complexity index is 658. The Kier molecular flexibility index (Phi) is 2.11. The smallest absolute Gasteiger partial charge is 0.182 e. The monoisotopic (exact) mass is 231 g/mol. The molecular weight excluding hydrogens is 224 g/mol. The zero-order chi connectivity index (χ0) is 11.8. The normalized spacial score (nSPS) is 10.9. The average molecular weight is 231 g/mol. The van der Waals surface area contributed by atoms with Gasteiger partial charge in [0.1, 0.15) is 0 Å². The Morgan fingerprint density at radius 1 is 1.00 bits per heavy atom. The molecule has 3 rings (SSSR count). The number of rotatable bonds is 1. The topological polar surface area (TPSA) is 30.2 Å². The van der Waals surface area contributed by atoms with Crippen LogP contribution in [0.2, 0.25) is 0 Å². The molecule has 1 aromatic carbocycles. The molecule has 0 saturated heterocycles. The Balaban J connectivity index is 2.17. The lowest BCUT2D eigenvalue weighted by Gasteiger charge is -1.95. The minimum atomic E-state index is -0.902. The number of hydrogen-bond donors (Lipinski definition) is 0. The van der Waals surface area contributed by atoms with Crippen molar-refractivity contribution in [2.24, 2.45) is 0 Å². The highest BCUT2D eigenvalue weighted by molar-refractivity contribution is 5.58. The van der Waals surface area contributed by atoms with Gasteiger partial charge in [0, 0.05) is 11.8 Å². The van der Waals surface area contributed by atoms with Crippen molar-refractivity contribution >= 4 is 5.65 Å². The first-order chi connectivity index (χ1) is 8.24. The summed E-state index contributed by atoms with van der Waals surface area (Å²) in [5, 5.41) is 4.17. The van der Waals surface area contributed by atoms with Crippen LogP contribution in [0.3, 0.4) is 0 Å². The second-order valence-electron chi connectivity index (χ2n) is 3.57. The zero-order valence-electron chi connectivity index (χ0n) is 8.64. The van der Waals surface area contributed by atoms with Gasteiger partial charge in [0.2, 0.25) is 0 Å². The zero-order valence-corrected chi connectivity index (χ0v) is 8.64. The van der Waals surface area contributed by atoms with E-state index in [1.54, 1.807) is 16.8 Å². The first-order valence-electron chi connectivity index (χ1n) is 5.01. The maximum atomic E-state index is 13.1. The van der Waals surface area contributed by atoms with Gasteiger partial charge in [0.15, 0.2) is 23.1 Å². The molecule has 0 N–H and O–H groups in total. The van der Waals surface area contributed by atoms with Gasteiger partial charge >= 0.3 is 0 Å². The van der Waals surface area contributed by atoms with Gasteiger partial charge < -0.3 is 0 Å². The Morgan fingerprint density at radius 3 is 2.65 bits per heavy atom. The van der Waals surface area contributed by atoms with Crippen molar-refractivity contribution in [2.45, 2.75) is 0 Å². The van der Waals surface area contributed by atoms with Crippen molar-refractivity contribution in [3.05, 3.63) is 54.2 Å². The van der Waals surface area contributed by atoms with E-state index in [0.29, 0.717) is 17.0 Å². The molecule has 0 fully saturated rings. The largest absolute Gasteiger partial charge is 0.221 e. The third-order valence-electron chi connectivity index (χ3n) is 2.42. The van der Waals surface area contributed by atoms with Crippen LogP contribution in [0.25, 0.3) is 17.0 Å². The molecule has 3 aromatic rings. The van der Waals surface area contributed by atoms with Gasteiger partial charge in [0.25, 0.3) is 0 Å². The molecule has 0 atom stereocenters. The lowest BCUT2D eigenvalue weighted by atomic mass is 10.2. The second kappa shape index (κ2) is 3.62. The van der Waals surface area contributed by atoms with Gasteiger partial charge in [-0.3, -0.25) is 0 Å². The predicted octanol–water partition coefficient (Wildman–Crippen LogP) is 2.67. The molecule has 84 valence electrons. The fourth-order valence-electron chi connectivity index (χ4n) is 1.59. The van der Waals surface area contributed by atoms with Gasteiger partial charge in [-0.15, -0.1) is 5.10 Å². The van der Waals surface area contributed by atoms with Gasteiger partial charge in [0.05, 0.1) is 0 Å². The molecular formula is C12H7F2N3. The fraction of sp³-hybridized carbons (Fsp3) is 0. The van der Waals surface area contributed by atoms with E-state index in [0.717, 1.165) is 12.1 Å². The number of pyridine rings is 1. The van der Waals surface area contributed by atoms with Crippen molar-refractivity contribution in [1.29, 1.82) is 0 Å². The first-order valence-corrected chi connectivity index (χ1v) is 5.01. The van der Waals surface area contributed by atoms with Gasteiger partial charge in [-0.05, 0) is 30.3 Å². The van der Waals surface area contributed by atoms with Crippen LogP contribution in [-0.2, 0) is 0 Å². The summed E-state index contributed by atoms with van der Waals surface area (Å²) in [7, 11) is 0. The molecule has 0 saturated carbocycles. The molecule has 0 aliphatic heterocycles. The van der Waals surface area contributed by atoms with Crippen molar-refractivity contribution in [3.63, 3.8) is 0 Å². The minimum Gasteiger partial charge on any atom is -0.221 e. The maximum absolute atomic E-state index is 13.1. The molecule has 0 radical (unpaired) electrons. The average Bonchev–Trinajstić information content (AvgIpc) is 2.76. The highest BCUT2D eigenvalue weighted by Gasteiger charge is 2.09. The lowest BCUT2D eigenvalue weighted by Crippen LogP contribution is -1.88. The van der Waals surface area contributed by atoms with Crippen LogP contribution in [0.4, 0.5) is 8.78 Å². The van der Waals surface area contributed by atoms with E-state index in [9.17, 15) is 8.78 Å². The molecule has 0 unspecified atom stereocenters. The van der Waals surface area contributed by atoms with Crippen LogP contribution in [0.5, 0.6) is 0 Å². The molecule has 0 amide bonds. The summed E-state index contributed by atoms with van der Waals surface area (Å²) in [6.45, 7) is 0. The number of nitrogens with zero attached hydrogens (tertiary/aromatic N) is 3. The summed E-state index contributed by atoms with van der Waals surface area (Å²) in [6, 6.07) is 9.04. The fourth-order valence-corrected chi connectivity index (χ4v) is 1.59. The van der Waals surface area contributed by atoms with Crippen molar-refractivity contribution in [2.75, 3.05) is 0 Å². The SMILES string of the molecule is Fc1ccc(-c2nc3ccccn3n2)cc1F. The van der Waals surface area contributed by atoms with Gasteiger partial charge in [-0.1, -0.05) is 6.07 Å². The van der Waals surface area contributed by atoms with E-state index < -0.39 is 11.6 Å². The van der Waals surface area contributed by atoms with Crippen LogP contribution >= 0.6 is 0 Å². The van der Waals surface area contributed by atoms with E-state index in [1.165, 1.54) is 6.07 Å². The summed E-state index contributed by atoms with van der Waals surface area (Å²) >= 11 is 0. The van der Waals surface area contributed by atoms with Crippen molar-refractivity contribution in [1.82, 2.24) is 14.6 Å². The Morgan fingerprint density at radius 2 is 1.88 bits per heavy atom. The third kappa shape index (κ3) is 1.65. The predicted molar refractivity (Wildman–Crippen MR) is 58.3 cm³/mol. The number of fused-ring (bicyclic) bond motifs is 1. The first kappa shape index (κ1) is 9.89. The van der Waals surface area contributed by atoms with E-state index in [4.69, 9.17) is 0 Å². The van der Waals surface area contributed by atoms with Crippen LogP contribution in [0, 0.1) is 11.6 Å². The van der Waals surface area contributed by atoms with Crippen LogP contribution in [0.15, 0.2) is 42.6 Å². The van der Waals surface area contributed by atoms with E-state index in [-0.39, 0.29) is 0 Å². The summed E-state index contributed by atoms with van der Waals surface area (Å²) in [4.78, 5) is 4.22. The minimum absolute atomic E-state index is 0.370. The number of aromatic nitrogens is 3. The second-order valence-corrected chi connectivity index (χ2v) is 3.57. The van der Waals surface area contributed by atoms with Gasteiger partial charge in [-0.25, -0.2) is 18.3 Å². The highest BCUT2D eigenvalue weighted by Crippen LogP contribution is 2.18. The molecule has 0 aliphatic carbocycles. The summed E-state index contributed by atoms with van der Waals surface area (Å²) in [5.41, 5.74) is 1.11. The lowest BCUT2D eigenvalue weighted by molar-refractivity contribution is 0.509. The maximum Gasteiger partial charge on any atom is 0.182 e. The molecule has 0 aliphatic rings. The molecule has 0 bridgehead atoms. The molecule has 0 spiro atoms. The summed E-state index contributed by atoms with van der Waals surface area (Å²) in [5.74, 6) is -1.41. The highest BCUT2D eigenvalue weighted by atomic mass is 19.2. The molecule has 5 heteroatoms. The van der Waals surface area contributed by atoms with E-state index >= 15 is 0 Å². The standard InChI is InChI=1S/C12H7F2N3/c13-9-5-4-8(7-10(9)14)12-15-11-3-1-2-6-17(11)16-12/h1-7H. The molecule has 2 heterocycles. The molecule has 17 heavy (non-hydrogen) atoms. The van der Waals surface area contributed by atoms with Crippen LogP contribution in [0.1, 0.15) is 0 Å².